The van der Waals surface area contributed by atoms with Gasteiger partial charge >= 0.3 is 0 Å². The number of anilines is 1. The molecule has 0 saturated heterocycles. The fraction of sp³-hybridized carbons (Fsp3) is 0.312. The van der Waals surface area contributed by atoms with Gasteiger partial charge < -0.3 is 4.74 Å². The van der Waals surface area contributed by atoms with Crippen molar-refractivity contribution in [2.24, 2.45) is 0 Å². The average Bonchev–Trinajstić information content (AvgIpc) is 3.10. The SMILES string of the molecule is COc1cccn2c(C(=O)Nc3nc(C(C)C)cs3)c(C)nc12. The molecule has 0 bridgehead atoms. The summed E-state index contributed by atoms with van der Waals surface area (Å²) in [5, 5.41) is 5.41. The molecule has 7 heteroatoms. The predicted octanol–water partition coefficient (Wildman–Crippen LogP) is 3.48. The number of hydrogen-bond acceptors (Lipinski definition) is 5. The number of carbonyl (C=O) groups excluding carboxylic acids is 1. The van der Waals surface area contributed by atoms with E-state index in [1.165, 1.54) is 11.3 Å². The molecule has 3 rings (SSSR count). The number of ether oxygens (including phenoxy) is 1. The van der Waals surface area contributed by atoms with E-state index in [1.807, 2.05) is 24.4 Å². The summed E-state index contributed by atoms with van der Waals surface area (Å²) in [5.41, 5.74) is 2.73. The van der Waals surface area contributed by atoms with E-state index in [2.05, 4.69) is 29.1 Å². The molecule has 120 valence electrons. The smallest absolute Gasteiger partial charge is 0.276 e. The van der Waals surface area contributed by atoms with Crippen molar-refractivity contribution in [1.82, 2.24) is 14.4 Å². The first-order valence-corrected chi connectivity index (χ1v) is 8.17. The van der Waals surface area contributed by atoms with E-state index in [1.54, 1.807) is 17.7 Å². The van der Waals surface area contributed by atoms with E-state index >= 15 is 0 Å². The molecule has 1 N–H and O–H groups in total. The molecule has 6 nitrogen and oxygen atoms in total. The fourth-order valence-electron chi connectivity index (χ4n) is 2.35. The lowest BCUT2D eigenvalue weighted by Crippen LogP contribution is -2.15. The van der Waals surface area contributed by atoms with Crippen LogP contribution in [0.25, 0.3) is 5.65 Å². The number of methoxy groups -OCH3 is 1. The van der Waals surface area contributed by atoms with Crippen molar-refractivity contribution in [3.63, 3.8) is 0 Å². The standard InChI is InChI=1S/C16H18N4O2S/c1-9(2)11-8-23-16(18-11)19-15(21)13-10(3)17-14-12(22-4)6-5-7-20(13)14/h5-9H,1-4H3,(H,18,19,21). The molecule has 0 unspecified atom stereocenters. The molecule has 3 heterocycles. The number of rotatable bonds is 4. The number of pyridine rings is 1. The van der Waals surface area contributed by atoms with Gasteiger partial charge in [0, 0.05) is 11.6 Å². The van der Waals surface area contributed by atoms with Gasteiger partial charge in [-0.05, 0) is 25.0 Å². The van der Waals surface area contributed by atoms with Gasteiger partial charge in [-0.2, -0.15) is 0 Å². The summed E-state index contributed by atoms with van der Waals surface area (Å²) in [4.78, 5) is 21.5. The molecule has 0 saturated carbocycles. The highest BCUT2D eigenvalue weighted by Gasteiger charge is 2.19. The molecule has 0 spiro atoms. The Morgan fingerprint density at radius 3 is 2.83 bits per heavy atom. The Morgan fingerprint density at radius 2 is 2.17 bits per heavy atom. The van der Waals surface area contributed by atoms with Crippen LogP contribution in [0.5, 0.6) is 5.75 Å². The second-order valence-electron chi connectivity index (χ2n) is 5.50. The van der Waals surface area contributed by atoms with Crippen LogP contribution in [0.2, 0.25) is 0 Å². The second kappa shape index (κ2) is 6.00. The van der Waals surface area contributed by atoms with Crippen LogP contribution in [0, 0.1) is 6.92 Å². The van der Waals surface area contributed by atoms with Crippen molar-refractivity contribution in [2.75, 3.05) is 12.4 Å². The lowest BCUT2D eigenvalue weighted by atomic mass is 10.2. The summed E-state index contributed by atoms with van der Waals surface area (Å²) in [5.74, 6) is 0.734. The van der Waals surface area contributed by atoms with Gasteiger partial charge in [0.2, 0.25) is 0 Å². The highest BCUT2D eigenvalue weighted by molar-refractivity contribution is 7.14. The zero-order chi connectivity index (χ0) is 16.6. The first-order valence-electron chi connectivity index (χ1n) is 7.29. The topological polar surface area (TPSA) is 68.5 Å². The van der Waals surface area contributed by atoms with Crippen molar-refractivity contribution >= 4 is 28.0 Å². The summed E-state index contributed by atoms with van der Waals surface area (Å²) >= 11 is 1.42. The minimum Gasteiger partial charge on any atom is -0.493 e. The minimum atomic E-state index is -0.229. The maximum absolute atomic E-state index is 12.6. The Bertz CT molecular complexity index is 866. The largest absolute Gasteiger partial charge is 0.493 e. The molecule has 0 aliphatic rings. The quantitative estimate of drug-likeness (QED) is 0.795. The molecule has 0 fully saturated rings. The number of thiazole rings is 1. The van der Waals surface area contributed by atoms with Crippen LogP contribution < -0.4 is 10.1 Å². The lowest BCUT2D eigenvalue weighted by Gasteiger charge is -2.05. The number of imidazole rings is 1. The zero-order valence-electron chi connectivity index (χ0n) is 13.5. The second-order valence-corrected chi connectivity index (χ2v) is 6.36. The summed E-state index contributed by atoms with van der Waals surface area (Å²) in [7, 11) is 1.59. The Morgan fingerprint density at radius 1 is 1.39 bits per heavy atom. The third-order valence-corrected chi connectivity index (χ3v) is 4.33. The van der Waals surface area contributed by atoms with Crippen LogP contribution in [-0.4, -0.2) is 27.4 Å². The average molecular weight is 330 g/mol. The summed E-state index contributed by atoms with van der Waals surface area (Å²) in [6.45, 7) is 5.95. The molecule has 0 radical (unpaired) electrons. The number of aromatic nitrogens is 3. The van der Waals surface area contributed by atoms with Crippen molar-refractivity contribution in [3.8, 4) is 5.75 Å². The Balaban J connectivity index is 1.96. The normalized spacial score (nSPS) is 11.2. The number of carbonyl (C=O) groups is 1. The van der Waals surface area contributed by atoms with Gasteiger partial charge in [-0.25, -0.2) is 9.97 Å². The molecular weight excluding hydrogens is 312 g/mol. The van der Waals surface area contributed by atoms with Gasteiger partial charge in [-0.15, -0.1) is 11.3 Å². The van der Waals surface area contributed by atoms with Gasteiger partial charge in [-0.3, -0.25) is 14.5 Å². The monoisotopic (exact) mass is 330 g/mol. The molecule has 1 amide bonds. The molecule has 0 aromatic carbocycles. The van der Waals surface area contributed by atoms with E-state index in [9.17, 15) is 4.79 Å². The van der Waals surface area contributed by atoms with E-state index in [0.29, 0.717) is 33.8 Å². The van der Waals surface area contributed by atoms with E-state index in [0.717, 1.165) is 5.69 Å². The van der Waals surface area contributed by atoms with Gasteiger partial charge in [0.25, 0.3) is 5.91 Å². The highest BCUT2D eigenvalue weighted by atomic mass is 32.1. The zero-order valence-corrected chi connectivity index (χ0v) is 14.3. The number of amides is 1. The fourth-order valence-corrected chi connectivity index (χ4v) is 3.22. The minimum absolute atomic E-state index is 0.229. The third kappa shape index (κ3) is 2.79. The Labute approximate surface area is 138 Å². The Hall–Kier alpha value is -2.41. The summed E-state index contributed by atoms with van der Waals surface area (Å²) < 4.78 is 7.03. The van der Waals surface area contributed by atoms with Gasteiger partial charge in [0.1, 0.15) is 5.69 Å². The van der Waals surface area contributed by atoms with E-state index in [4.69, 9.17) is 4.74 Å². The number of fused-ring (bicyclic) bond motifs is 1. The van der Waals surface area contributed by atoms with Crippen LogP contribution in [0.1, 0.15) is 41.6 Å². The first-order chi connectivity index (χ1) is 11.0. The van der Waals surface area contributed by atoms with Crippen LogP contribution >= 0.6 is 11.3 Å². The first kappa shape index (κ1) is 15.5. The summed E-state index contributed by atoms with van der Waals surface area (Å²) in [6.07, 6.45) is 1.80. The molecule has 0 aliphatic carbocycles. The Kier molecular flexibility index (Phi) is 4.04. The van der Waals surface area contributed by atoms with E-state index in [-0.39, 0.29) is 5.91 Å². The van der Waals surface area contributed by atoms with Gasteiger partial charge in [-0.1, -0.05) is 13.8 Å². The lowest BCUT2D eigenvalue weighted by molar-refractivity contribution is 0.102. The van der Waals surface area contributed by atoms with Crippen LogP contribution in [0.15, 0.2) is 23.7 Å². The predicted molar refractivity (Wildman–Crippen MR) is 90.6 cm³/mol. The number of hydrogen-bond donors (Lipinski definition) is 1. The number of nitrogens with one attached hydrogen (secondary N) is 1. The number of aryl methyl sites for hydroxylation is 1. The molecule has 23 heavy (non-hydrogen) atoms. The molecular formula is C16H18N4O2S. The van der Waals surface area contributed by atoms with Crippen molar-refractivity contribution in [2.45, 2.75) is 26.7 Å². The maximum Gasteiger partial charge on any atom is 0.276 e. The highest BCUT2D eigenvalue weighted by Crippen LogP contribution is 2.24. The number of nitrogens with zero attached hydrogens (tertiary/aromatic N) is 3. The van der Waals surface area contributed by atoms with Crippen LogP contribution in [-0.2, 0) is 0 Å². The van der Waals surface area contributed by atoms with Crippen molar-refractivity contribution in [3.05, 3.63) is 40.8 Å². The molecule has 3 aromatic rings. The summed E-state index contributed by atoms with van der Waals surface area (Å²) in [6, 6.07) is 3.64. The molecule has 0 atom stereocenters. The van der Waals surface area contributed by atoms with E-state index < -0.39 is 0 Å². The third-order valence-electron chi connectivity index (χ3n) is 3.56. The van der Waals surface area contributed by atoms with Crippen molar-refractivity contribution in [1.29, 1.82) is 0 Å². The molecule has 3 aromatic heterocycles. The van der Waals surface area contributed by atoms with Crippen molar-refractivity contribution < 1.29 is 9.53 Å². The van der Waals surface area contributed by atoms with Gasteiger partial charge in [0.05, 0.1) is 18.5 Å². The van der Waals surface area contributed by atoms with Gasteiger partial charge in [0.15, 0.2) is 16.5 Å². The maximum atomic E-state index is 12.6. The molecule has 0 aliphatic heterocycles. The van der Waals surface area contributed by atoms with Crippen LogP contribution in [0.3, 0.4) is 0 Å². The van der Waals surface area contributed by atoms with Crippen LogP contribution in [0.4, 0.5) is 5.13 Å².